The summed E-state index contributed by atoms with van der Waals surface area (Å²) in [4.78, 5) is 0.306. The molecule has 0 spiro atoms. The van der Waals surface area contributed by atoms with Crippen molar-refractivity contribution in [1.82, 2.24) is 4.31 Å². The van der Waals surface area contributed by atoms with Gasteiger partial charge in [0.1, 0.15) is 0 Å². The molecule has 4 nitrogen and oxygen atoms in total. The molecule has 1 aliphatic rings. The Morgan fingerprint density at radius 2 is 1.90 bits per heavy atom. The van der Waals surface area contributed by atoms with E-state index >= 15 is 0 Å². The minimum atomic E-state index is -3.48. The van der Waals surface area contributed by atoms with Crippen molar-refractivity contribution < 1.29 is 13.2 Å². The molecule has 1 fully saturated rings. The van der Waals surface area contributed by atoms with Gasteiger partial charge in [-0.3, -0.25) is 0 Å². The Labute approximate surface area is 125 Å². The highest BCUT2D eigenvalue weighted by Crippen LogP contribution is 2.23. The average molecular weight is 318 g/mol. The Kier molecular flexibility index (Phi) is 4.74. The molecule has 0 amide bonds. The van der Waals surface area contributed by atoms with Crippen LogP contribution < -0.4 is 0 Å². The van der Waals surface area contributed by atoms with E-state index < -0.39 is 10.0 Å². The van der Waals surface area contributed by atoms with Gasteiger partial charge in [0.05, 0.1) is 17.1 Å². The minimum Gasteiger partial charge on any atom is -0.373 e. The fourth-order valence-electron chi connectivity index (χ4n) is 2.43. The second-order valence-corrected chi connectivity index (χ2v) is 7.51. The maximum Gasteiger partial charge on any atom is 0.243 e. The van der Waals surface area contributed by atoms with Gasteiger partial charge in [-0.05, 0) is 44.0 Å². The molecular weight excluding hydrogens is 298 g/mol. The molecule has 6 heteroatoms. The van der Waals surface area contributed by atoms with Crippen LogP contribution in [0.1, 0.15) is 25.0 Å². The lowest BCUT2D eigenvalue weighted by Gasteiger charge is -2.34. The molecule has 1 saturated heterocycles. The van der Waals surface area contributed by atoms with E-state index in [0.717, 1.165) is 11.1 Å². The van der Waals surface area contributed by atoms with E-state index in [4.69, 9.17) is 16.3 Å². The number of ether oxygens (including phenoxy) is 1. The van der Waals surface area contributed by atoms with Crippen molar-refractivity contribution in [2.24, 2.45) is 0 Å². The normalized spacial score (nSPS) is 24.8. The second kappa shape index (κ2) is 6.02. The highest BCUT2D eigenvalue weighted by atomic mass is 35.5. The summed E-state index contributed by atoms with van der Waals surface area (Å²) >= 11 is 5.86. The SMILES string of the molecule is Cc1ccc(S(=O)(=O)N2CC(C)OC(C)C2)cc1CCl. The van der Waals surface area contributed by atoms with Gasteiger partial charge in [-0.1, -0.05) is 6.07 Å². The molecule has 0 radical (unpaired) electrons. The summed E-state index contributed by atoms with van der Waals surface area (Å²) in [6.45, 7) is 6.47. The lowest BCUT2D eigenvalue weighted by atomic mass is 10.1. The lowest BCUT2D eigenvalue weighted by Crippen LogP contribution is -2.48. The number of aryl methyl sites for hydroxylation is 1. The van der Waals surface area contributed by atoms with Crippen LogP contribution in [0.3, 0.4) is 0 Å². The number of rotatable bonds is 3. The van der Waals surface area contributed by atoms with Gasteiger partial charge in [-0.15, -0.1) is 11.6 Å². The first-order valence-electron chi connectivity index (χ1n) is 6.65. The van der Waals surface area contributed by atoms with Gasteiger partial charge in [0, 0.05) is 19.0 Å². The number of morpholine rings is 1. The van der Waals surface area contributed by atoms with Crippen molar-refractivity contribution >= 4 is 21.6 Å². The molecular formula is C14H20ClNO3S. The van der Waals surface area contributed by atoms with Crippen molar-refractivity contribution in [3.05, 3.63) is 29.3 Å². The van der Waals surface area contributed by atoms with E-state index in [-0.39, 0.29) is 12.2 Å². The smallest absolute Gasteiger partial charge is 0.243 e. The third-order valence-corrected chi connectivity index (χ3v) is 5.60. The molecule has 2 rings (SSSR count). The molecule has 0 aromatic heterocycles. The van der Waals surface area contributed by atoms with Crippen molar-refractivity contribution in [3.63, 3.8) is 0 Å². The molecule has 20 heavy (non-hydrogen) atoms. The first-order valence-corrected chi connectivity index (χ1v) is 8.63. The van der Waals surface area contributed by atoms with Crippen molar-refractivity contribution in [1.29, 1.82) is 0 Å². The topological polar surface area (TPSA) is 46.6 Å². The van der Waals surface area contributed by atoms with Crippen molar-refractivity contribution in [3.8, 4) is 0 Å². The molecule has 2 atom stereocenters. The third kappa shape index (κ3) is 3.17. The highest BCUT2D eigenvalue weighted by molar-refractivity contribution is 7.89. The molecule has 1 aliphatic heterocycles. The van der Waals surface area contributed by atoms with E-state index in [1.54, 1.807) is 18.2 Å². The zero-order valence-corrected chi connectivity index (χ0v) is 13.5. The summed E-state index contributed by atoms with van der Waals surface area (Å²) in [6.07, 6.45) is -0.182. The number of benzene rings is 1. The average Bonchev–Trinajstić information content (AvgIpc) is 2.37. The first-order chi connectivity index (χ1) is 9.34. The standard InChI is InChI=1S/C14H20ClNO3S/c1-10-4-5-14(6-13(10)7-15)20(17,18)16-8-11(2)19-12(3)9-16/h4-6,11-12H,7-9H2,1-3H3. The predicted octanol–water partition coefficient (Wildman–Crippen LogP) is 2.53. The monoisotopic (exact) mass is 317 g/mol. The molecule has 1 aromatic rings. The quantitative estimate of drug-likeness (QED) is 0.805. The Morgan fingerprint density at radius 1 is 1.30 bits per heavy atom. The van der Waals surface area contributed by atoms with Gasteiger partial charge in [0.25, 0.3) is 0 Å². The first kappa shape index (κ1) is 15.8. The van der Waals surface area contributed by atoms with E-state index in [1.807, 2.05) is 20.8 Å². The van der Waals surface area contributed by atoms with Gasteiger partial charge in [-0.25, -0.2) is 8.42 Å². The molecule has 2 unspecified atom stereocenters. The number of alkyl halides is 1. The van der Waals surface area contributed by atoms with Crippen LogP contribution in [-0.4, -0.2) is 38.0 Å². The summed E-state index contributed by atoms with van der Waals surface area (Å²) in [5.74, 6) is 0.311. The van der Waals surface area contributed by atoms with Crippen LogP contribution in [0.25, 0.3) is 0 Å². The van der Waals surface area contributed by atoms with Crippen LogP contribution in [-0.2, 0) is 20.6 Å². The summed E-state index contributed by atoms with van der Waals surface area (Å²) in [5, 5.41) is 0. The Hall–Kier alpha value is -0.620. The fourth-order valence-corrected chi connectivity index (χ4v) is 4.36. The molecule has 0 N–H and O–H groups in total. The Morgan fingerprint density at radius 3 is 2.45 bits per heavy atom. The molecule has 0 bridgehead atoms. The number of nitrogens with zero attached hydrogens (tertiary/aromatic N) is 1. The molecule has 112 valence electrons. The van der Waals surface area contributed by atoms with Crippen molar-refractivity contribution in [2.75, 3.05) is 13.1 Å². The van der Waals surface area contributed by atoms with Crippen LogP contribution in [0.4, 0.5) is 0 Å². The molecule has 1 heterocycles. The van der Waals surface area contributed by atoms with Crippen LogP contribution in [0.2, 0.25) is 0 Å². The van der Waals surface area contributed by atoms with Gasteiger partial charge < -0.3 is 4.74 Å². The largest absolute Gasteiger partial charge is 0.373 e. The number of hydrogen-bond donors (Lipinski definition) is 0. The zero-order valence-electron chi connectivity index (χ0n) is 12.0. The van der Waals surface area contributed by atoms with Gasteiger partial charge in [0.15, 0.2) is 0 Å². The van der Waals surface area contributed by atoms with Crippen LogP contribution in [0.15, 0.2) is 23.1 Å². The van der Waals surface area contributed by atoms with Gasteiger partial charge >= 0.3 is 0 Å². The van der Waals surface area contributed by atoms with E-state index in [2.05, 4.69) is 0 Å². The maximum absolute atomic E-state index is 12.7. The van der Waals surface area contributed by atoms with E-state index in [9.17, 15) is 8.42 Å². The summed E-state index contributed by atoms with van der Waals surface area (Å²) in [7, 11) is -3.48. The predicted molar refractivity (Wildman–Crippen MR) is 79.5 cm³/mol. The van der Waals surface area contributed by atoms with Crippen LogP contribution >= 0.6 is 11.6 Å². The van der Waals surface area contributed by atoms with E-state index in [0.29, 0.717) is 23.9 Å². The number of hydrogen-bond acceptors (Lipinski definition) is 3. The summed E-state index contributed by atoms with van der Waals surface area (Å²) in [6, 6.07) is 5.12. The highest BCUT2D eigenvalue weighted by Gasteiger charge is 2.32. The molecule has 0 aliphatic carbocycles. The summed E-state index contributed by atoms with van der Waals surface area (Å²) < 4.78 is 32.4. The van der Waals surface area contributed by atoms with Gasteiger partial charge in [-0.2, -0.15) is 4.31 Å². The molecule has 1 aromatic carbocycles. The fraction of sp³-hybridized carbons (Fsp3) is 0.571. The van der Waals surface area contributed by atoms with Crippen molar-refractivity contribution in [2.45, 2.75) is 43.8 Å². The zero-order chi connectivity index (χ0) is 14.9. The number of halogens is 1. The van der Waals surface area contributed by atoms with Gasteiger partial charge in [0.2, 0.25) is 10.0 Å². The number of sulfonamides is 1. The third-order valence-electron chi connectivity index (χ3n) is 3.49. The lowest BCUT2D eigenvalue weighted by molar-refractivity contribution is -0.0440. The van der Waals surface area contributed by atoms with Crippen LogP contribution in [0.5, 0.6) is 0 Å². The molecule has 0 saturated carbocycles. The Bertz CT molecular complexity index is 578. The van der Waals surface area contributed by atoms with Crippen LogP contribution in [0, 0.1) is 6.92 Å². The Balaban J connectivity index is 2.34. The maximum atomic E-state index is 12.7. The second-order valence-electron chi connectivity index (χ2n) is 5.30. The minimum absolute atomic E-state index is 0.0912. The summed E-state index contributed by atoms with van der Waals surface area (Å²) in [5.41, 5.74) is 1.85. The van der Waals surface area contributed by atoms with E-state index in [1.165, 1.54) is 4.31 Å².